The molecule has 0 bridgehead atoms. The molecule has 0 aliphatic carbocycles. The Morgan fingerprint density at radius 3 is 2.48 bits per heavy atom. The summed E-state index contributed by atoms with van der Waals surface area (Å²) < 4.78 is 46.1. The van der Waals surface area contributed by atoms with Crippen LogP contribution in [0.4, 0.5) is 18.9 Å². The van der Waals surface area contributed by atoms with Gasteiger partial charge in [0.25, 0.3) is 6.73 Å². The molecule has 0 fully saturated rings. The van der Waals surface area contributed by atoms with E-state index in [0.29, 0.717) is 16.9 Å². The minimum Gasteiger partial charge on any atom is -0.435 e. The fourth-order valence-corrected chi connectivity index (χ4v) is 2.37. The van der Waals surface area contributed by atoms with Gasteiger partial charge in [-0.2, -0.15) is 17.7 Å². The normalized spacial score (nSPS) is 14.2. The van der Waals surface area contributed by atoms with Crippen LogP contribution in [0.2, 0.25) is 0 Å². The number of fused-ring (bicyclic) bond motifs is 1. The van der Waals surface area contributed by atoms with Crippen LogP contribution in [0.5, 0.6) is 5.75 Å². The SMILES string of the molecule is Cc1cc(C(F)(F)F)cc2c1OC[N+](c1ccccc1)=C2. The molecule has 2 nitrogen and oxygen atoms in total. The smallest absolute Gasteiger partial charge is 0.416 e. The lowest BCUT2D eigenvalue weighted by atomic mass is 10.0. The molecule has 5 heteroatoms. The molecule has 1 heterocycles. The van der Waals surface area contributed by atoms with Gasteiger partial charge in [-0.15, -0.1) is 0 Å². The van der Waals surface area contributed by atoms with E-state index in [4.69, 9.17) is 4.74 Å². The van der Waals surface area contributed by atoms with Gasteiger partial charge in [-0.25, -0.2) is 0 Å². The van der Waals surface area contributed by atoms with Gasteiger partial charge in [0.15, 0.2) is 6.21 Å². The van der Waals surface area contributed by atoms with Crippen molar-refractivity contribution in [1.29, 1.82) is 0 Å². The predicted octanol–water partition coefficient (Wildman–Crippen LogP) is 4.13. The molecule has 0 aromatic heterocycles. The molecule has 108 valence electrons. The molecule has 0 unspecified atom stereocenters. The fraction of sp³-hybridized carbons (Fsp3) is 0.188. The molecule has 0 radical (unpaired) electrons. The van der Waals surface area contributed by atoms with Crippen LogP contribution in [0, 0.1) is 6.92 Å². The second kappa shape index (κ2) is 4.91. The lowest BCUT2D eigenvalue weighted by Gasteiger charge is -2.17. The molecule has 1 aliphatic rings. The molecule has 0 saturated heterocycles. The first-order chi connectivity index (χ1) is 9.95. The lowest BCUT2D eigenvalue weighted by molar-refractivity contribution is -0.476. The van der Waals surface area contributed by atoms with Gasteiger partial charge in [-0.1, -0.05) is 18.2 Å². The van der Waals surface area contributed by atoms with Crippen molar-refractivity contribution in [2.75, 3.05) is 6.73 Å². The highest BCUT2D eigenvalue weighted by Gasteiger charge is 2.33. The topological polar surface area (TPSA) is 12.2 Å². The molecule has 1 aliphatic heterocycles. The number of hydrogen-bond acceptors (Lipinski definition) is 1. The van der Waals surface area contributed by atoms with E-state index in [1.165, 1.54) is 0 Å². The van der Waals surface area contributed by atoms with Crippen LogP contribution < -0.4 is 4.74 Å². The summed E-state index contributed by atoms with van der Waals surface area (Å²) in [5.41, 5.74) is 1.15. The second-order valence-electron chi connectivity index (χ2n) is 4.92. The number of halogens is 3. The Kier molecular flexibility index (Phi) is 3.20. The van der Waals surface area contributed by atoms with Crippen LogP contribution in [0.1, 0.15) is 16.7 Å². The first kappa shape index (κ1) is 13.7. The van der Waals surface area contributed by atoms with Crippen LogP contribution in [0.15, 0.2) is 42.5 Å². The van der Waals surface area contributed by atoms with E-state index >= 15 is 0 Å². The number of alkyl halides is 3. The summed E-state index contributed by atoms with van der Waals surface area (Å²) in [5, 5.41) is 0. The Balaban J connectivity index is 2.09. The van der Waals surface area contributed by atoms with Crippen molar-refractivity contribution >= 4 is 11.9 Å². The number of aryl methyl sites for hydroxylation is 1. The van der Waals surface area contributed by atoms with Crippen molar-refractivity contribution in [2.24, 2.45) is 0 Å². The quantitative estimate of drug-likeness (QED) is 0.720. The van der Waals surface area contributed by atoms with Gasteiger partial charge in [0.1, 0.15) is 5.75 Å². The zero-order valence-corrected chi connectivity index (χ0v) is 11.3. The fourth-order valence-electron chi connectivity index (χ4n) is 2.37. The third-order valence-corrected chi connectivity index (χ3v) is 3.36. The van der Waals surface area contributed by atoms with Crippen molar-refractivity contribution in [3.8, 4) is 5.75 Å². The zero-order chi connectivity index (χ0) is 15.0. The van der Waals surface area contributed by atoms with Crippen LogP contribution in [-0.4, -0.2) is 17.5 Å². The minimum atomic E-state index is -4.36. The van der Waals surface area contributed by atoms with Crippen LogP contribution >= 0.6 is 0 Å². The number of rotatable bonds is 1. The summed E-state index contributed by atoms with van der Waals surface area (Å²) in [7, 11) is 0. The van der Waals surface area contributed by atoms with Gasteiger partial charge in [0.2, 0.25) is 5.69 Å². The summed E-state index contributed by atoms with van der Waals surface area (Å²) in [6.45, 7) is 1.91. The number of ether oxygens (including phenoxy) is 1. The monoisotopic (exact) mass is 292 g/mol. The lowest BCUT2D eigenvalue weighted by Crippen LogP contribution is -2.22. The van der Waals surface area contributed by atoms with Crippen molar-refractivity contribution in [3.05, 3.63) is 59.2 Å². The second-order valence-corrected chi connectivity index (χ2v) is 4.92. The van der Waals surface area contributed by atoms with Gasteiger partial charge < -0.3 is 4.74 Å². The molecule has 0 N–H and O–H groups in total. The predicted molar refractivity (Wildman–Crippen MR) is 73.2 cm³/mol. The number of nitrogens with zero attached hydrogens (tertiary/aromatic N) is 1. The molecule has 0 spiro atoms. The molecule has 3 rings (SSSR count). The van der Waals surface area contributed by atoms with E-state index in [-0.39, 0.29) is 6.73 Å². The summed E-state index contributed by atoms with van der Waals surface area (Å²) >= 11 is 0. The Bertz CT molecular complexity index is 705. The van der Waals surface area contributed by atoms with Crippen molar-refractivity contribution < 1.29 is 22.5 Å². The van der Waals surface area contributed by atoms with Crippen LogP contribution in [-0.2, 0) is 6.18 Å². The number of para-hydroxylation sites is 1. The van der Waals surface area contributed by atoms with Gasteiger partial charge in [-0.05, 0) is 24.6 Å². The molecular formula is C16H13F3NO+. The van der Waals surface area contributed by atoms with E-state index in [1.807, 2.05) is 30.3 Å². The minimum absolute atomic E-state index is 0.281. The molecule has 0 saturated carbocycles. The van der Waals surface area contributed by atoms with Gasteiger partial charge >= 0.3 is 6.18 Å². The largest absolute Gasteiger partial charge is 0.435 e. The summed E-state index contributed by atoms with van der Waals surface area (Å²) in [6.07, 6.45) is -2.67. The molecule has 2 aromatic rings. The molecule has 0 amide bonds. The molecule has 21 heavy (non-hydrogen) atoms. The number of benzene rings is 2. The summed E-state index contributed by atoms with van der Waals surface area (Å²) in [4.78, 5) is 0. The number of hydrogen-bond donors (Lipinski definition) is 0. The zero-order valence-electron chi connectivity index (χ0n) is 11.3. The van der Waals surface area contributed by atoms with Crippen molar-refractivity contribution in [3.63, 3.8) is 0 Å². The van der Waals surface area contributed by atoms with Crippen molar-refractivity contribution in [1.82, 2.24) is 0 Å². The average molecular weight is 292 g/mol. The van der Waals surface area contributed by atoms with Gasteiger partial charge in [-0.3, -0.25) is 0 Å². The molecule has 0 atom stereocenters. The van der Waals surface area contributed by atoms with E-state index in [2.05, 4.69) is 0 Å². The Hall–Kier alpha value is -2.30. The maximum atomic E-state index is 12.9. The Morgan fingerprint density at radius 2 is 1.81 bits per heavy atom. The Morgan fingerprint density at radius 1 is 1.10 bits per heavy atom. The van der Waals surface area contributed by atoms with E-state index in [1.54, 1.807) is 17.7 Å². The highest BCUT2D eigenvalue weighted by Crippen LogP contribution is 2.35. The van der Waals surface area contributed by atoms with Gasteiger partial charge in [0.05, 0.1) is 11.1 Å². The van der Waals surface area contributed by atoms with Crippen molar-refractivity contribution in [2.45, 2.75) is 13.1 Å². The summed E-state index contributed by atoms with van der Waals surface area (Å²) in [6, 6.07) is 11.6. The first-order valence-electron chi connectivity index (χ1n) is 6.46. The molecular weight excluding hydrogens is 279 g/mol. The van der Waals surface area contributed by atoms with E-state index in [9.17, 15) is 13.2 Å². The maximum absolute atomic E-state index is 12.9. The summed E-state index contributed by atoms with van der Waals surface area (Å²) in [5.74, 6) is 0.509. The van der Waals surface area contributed by atoms with Crippen LogP contribution in [0.25, 0.3) is 0 Å². The highest BCUT2D eigenvalue weighted by atomic mass is 19.4. The third kappa shape index (κ3) is 2.63. The van der Waals surface area contributed by atoms with Crippen LogP contribution in [0.3, 0.4) is 0 Å². The highest BCUT2D eigenvalue weighted by molar-refractivity contribution is 5.82. The van der Waals surface area contributed by atoms with E-state index in [0.717, 1.165) is 17.8 Å². The standard InChI is InChI=1S/C16H13F3NO/c1-11-7-13(16(17,18)19)8-12-9-20(10-21-15(11)12)14-5-3-2-4-6-14/h2-9H,10H2,1H3/q+1. The Labute approximate surface area is 120 Å². The average Bonchev–Trinajstić information content (AvgIpc) is 2.46. The first-order valence-corrected chi connectivity index (χ1v) is 6.46. The van der Waals surface area contributed by atoms with E-state index < -0.39 is 11.7 Å². The van der Waals surface area contributed by atoms with Gasteiger partial charge in [0, 0.05) is 12.1 Å². The molecule has 2 aromatic carbocycles. The third-order valence-electron chi connectivity index (χ3n) is 3.36. The maximum Gasteiger partial charge on any atom is 0.416 e.